The summed E-state index contributed by atoms with van der Waals surface area (Å²) >= 11 is 6.00. The Labute approximate surface area is 134 Å². The van der Waals surface area contributed by atoms with Crippen molar-refractivity contribution in [2.45, 2.75) is 59.2 Å². The van der Waals surface area contributed by atoms with E-state index in [1.54, 1.807) is 0 Å². The Balaban J connectivity index is 2.06. The highest BCUT2D eigenvalue weighted by Gasteiger charge is 2.49. The van der Waals surface area contributed by atoms with E-state index in [0.29, 0.717) is 24.1 Å². The predicted molar refractivity (Wildman–Crippen MR) is 89.8 cm³/mol. The lowest BCUT2D eigenvalue weighted by atomic mass is 9.64. The molecule has 2 rings (SSSR count). The molecule has 1 fully saturated rings. The molecule has 118 valence electrons. The number of rotatable bonds is 6. The molecule has 1 aliphatic carbocycles. The van der Waals surface area contributed by atoms with Gasteiger partial charge in [-0.15, -0.1) is 0 Å². The molecule has 2 nitrogen and oxygen atoms in total. The van der Waals surface area contributed by atoms with E-state index in [9.17, 15) is 0 Å². The molecule has 21 heavy (non-hydrogen) atoms. The topological polar surface area (TPSA) is 21.3 Å². The number of ether oxygens (including phenoxy) is 1. The standard InChI is InChI=1S/C18H28ClNO/c1-6-21-16-11-15(18(16,4)5)20-17(12(2)3)13-7-9-14(19)10-8-13/h7-10,12,15-17,20H,6,11H2,1-5H3. The Morgan fingerprint density at radius 2 is 1.90 bits per heavy atom. The molecule has 0 aliphatic heterocycles. The largest absolute Gasteiger partial charge is 0.378 e. The fourth-order valence-electron chi connectivity index (χ4n) is 3.21. The van der Waals surface area contributed by atoms with E-state index in [2.05, 4.69) is 52.1 Å². The van der Waals surface area contributed by atoms with Crippen LogP contribution in [0.2, 0.25) is 5.02 Å². The van der Waals surface area contributed by atoms with Crippen LogP contribution in [0.15, 0.2) is 24.3 Å². The van der Waals surface area contributed by atoms with Gasteiger partial charge in [-0.2, -0.15) is 0 Å². The van der Waals surface area contributed by atoms with Crippen molar-refractivity contribution < 1.29 is 4.74 Å². The molecule has 0 saturated heterocycles. The zero-order chi connectivity index (χ0) is 15.6. The van der Waals surface area contributed by atoms with Crippen molar-refractivity contribution in [1.82, 2.24) is 5.32 Å². The average Bonchev–Trinajstić information content (AvgIpc) is 2.43. The average molecular weight is 310 g/mol. The van der Waals surface area contributed by atoms with Crippen molar-refractivity contribution in [2.75, 3.05) is 6.61 Å². The van der Waals surface area contributed by atoms with Crippen LogP contribution in [0.1, 0.15) is 52.6 Å². The van der Waals surface area contributed by atoms with Gasteiger partial charge in [-0.25, -0.2) is 0 Å². The van der Waals surface area contributed by atoms with E-state index >= 15 is 0 Å². The second kappa shape index (κ2) is 6.68. The van der Waals surface area contributed by atoms with Crippen LogP contribution >= 0.6 is 11.6 Å². The molecule has 3 atom stereocenters. The van der Waals surface area contributed by atoms with Crippen molar-refractivity contribution in [1.29, 1.82) is 0 Å². The van der Waals surface area contributed by atoms with Crippen LogP contribution in [0.5, 0.6) is 0 Å². The second-order valence-corrected chi connectivity index (χ2v) is 7.43. The van der Waals surface area contributed by atoms with Gasteiger partial charge in [-0.05, 0) is 37.0 Å². The minimum absolute atomic E-state index is 0.190. The zero-order valence-electron chi connectivity index (χ0n) is 13.8. The molecular weight excluding hydrogens is 282 g/mol. The molecule has 0 heterocycles. The van der Waals surface area contributed by atoms with Crippen LogP contribution in [0.3, 0.4) is 0 Å². The minimum Gasteiger partial charge on any atom is -0.378 e. The highest BCUT2D eigenvalue weighted by Crippen LogP contribution is 2.44. The molecule has 1 saturated carbocycles. The highest BCUT2D eigenvalue weighted by atomic mass is 35.5. The quantitative estimate of drug-likeness (QED) is 0.812. The molecular formula is C18H28ClNO. The van der Waals surface area contributed by atoms with Gasteiger partial charge in [0.1, 0.15) is 0 Å². The van der Waals surface area contributed by atoms with Gasteiger partial charge >= 0.3 is 0 Å². The van der Waals surface area contributed by atoms with Gasteiger partial charge < -0.3 is 10.1 Å². The molecule has 1 aromatic carbocycles. The van der Waals surface area contributed by atoms with Crippen LogP contribution in [0.4, 0.5) is 0 Å². The monoisotopic (exact) mass is 309 g/mol. The molecule has 1 aliphatic rings. The smallest absolute Gasteiger partial charge is 0.0655 e. The summed E-state index contributed by atoms with van der Waals surface area (Å²) in [6, 6.07) is 9.06. The van der Waals surface area contributed by atoms with Crippen molar-refractivity contribution in [3.05, 3.63) is 34.9 Å². The maximum absolute atomic E-state index is 6.00. The van der Waals surface area contributed by atoms with Crippen molar-refractivity contribution >= 4 is 11.6 Å². The minimum atomic E-state index is 0.190. The molecule has 0 radical (unpaired) electrons. The van der Waals surface area contributed by atoms with Gasteiger partial charge in [0.15, 0.2) is 0 Å². The van der Waals surface area contributed by atoms with Crippen molar-refractivity contribution in [3.63, 3.8) is 0 Å². The second-order valence-electron chi connectivity index (χ2n) is 6.99. The molecule has 3 heteroatoms. The third kappa shape index (κ3) is 3.61. The van der Waals surface area contributed by atoms with Gasteiger partial charge in [-0.1, -0.05) is 51.4 Å². The van der Waals surface area contributed by atoms with Gasteiger partial charge in [-0.3, -0.25) is 0 Å². The van der Waals surface area contributed by atoms with Crippen molar-refractivity contribution in [2.24, 2.45) is 11.3 Å². The molecule has 0 bridgehead atoms. The van der Waals surface area contributed by atoms with Crippen LogP contribution in [-0.4, -0.2) is 18.8 Å². The number of nitrogens with one attached hydrogen (secondary N) is 1. The van der Waals surface area contributed by atoms with Gasteiger partial charge in [0, 0.05) is 29.1 Å². The number of hydrogen-bond donors (Lipinski definition) is 1. The predicted octanol–water partition coefficient (Wildman–Crippen LogP) is 4.83. The Kier molecular flexibility index (Phi) is 5.34. The summed E-state index contributed by atoms with van der Waals surface area (Å²) in [5.41, 5.74) is 1.50. The first-order valence-electron chi connectivity index (χ1n) is 7.99. The summed E-state index contributed by atoms with van der Waals surface area (Å²) in [7, 11) is 0. The first-order chi connectivity index (χ1) is 9.86. The van der Waals surface area contributed by atoms with E-state index < -0.39 is 0 Å². The van der Waals surface area contributed by atoms with E-state index in [1.165, 1.54) is 5.56 Å². The Morgan fingerprint density at radius 3 is 2.38 bits per heavy atom. The summed E-state index contributed by atoms with van der Waals surface area (Å²) in [5.74, 6) is 0.535. The lowest BCUT2D eigenvalue weighted by Gasteiger charge is -2.53. The third-order valence-electron chi connectivity index (χ3n) is 4.82. The summed E-state index contributed by atoms with van der Waals surface area (Å²) in [5, 5.41) is 4.64. The van der Waals surface area contributed by atoms with Gasteiger partial charge in [0.25, 0.3) is 0 Å². The van der Waals surface area contributed by atoms with Gasteiger partial charge in [0.05, 0.1) is 6.10 Å². The van der Waals surface area contributed by atoms with Crippen molar-refractivity contribution in [3.8, 4) is 0 Å². The van der Waals surface area contributed by atoms with E-state index in [1.807, 2.05) is 12.1 Å². The number of hydrogen-bond acceptors (Lipinski definition) is 2. The maximum Gasteiger partial charge on any atom is 0.0655 e. The fourth-order valence-corrected chi connectivity index (χ4v) is 3.34. The fraction of sp³-hybridized carbons (Fsp3) is 0.667. The first-order valence-corrected chi connectivity index (χ1v) is 8.37. The van der Waals surface area contributed by atoms with E-state index in [4.69, 9.17) is 16.3 Å². The number of halogens is 1. The third-order valence-corrected chi connectivity index (χ3v) is 5.07. The molecule has 1 aromatic rings. The molecule has 1 N–H and O–H groups in total. The summed E-state index contributed by atoms with van der Waals surface area (Å²) in [6.07, 6.45) is 1.47. The molecule has 0 aromatic heterocycles. The van der Waals surface area contributed by atoms with Crippen LogP contribution < -0.4 is 5.32 Å². The highest BCUT2D eigenvalue weighted by molar-refractivity contribution is 6.30. The summed E-state index contributed by atoms with van der Waals surface area (Å²) < 4.78 is 5.83. The van der Waals surface area contributed by atoms with E-state index in [-0.39, 0.29) is 5.41 Å². The van der Waals surface area contributed by atoms with E-state index in [0.717, 1.165) is 18.1 Å². The normalized spacial score (nSPS) is 25.7. The SMILES string of the molecule is CCOC1CC(NC(c2ccc(Cl)cc2)C(C)C)C1(C)C. The molecule has 0 amide bonds. The summed E-state index contributed by atoms with van der Waals surface area (Å²) in [4.78, 5) is 0. The Hall–Kier alpha value is -0.570. The van der Waals surface area contributed by atoms with Crippen LogP contribution in [0, 0.1) is 11.3 Å². The molecule has 3 unspecified atom stereocenters. The van der Waals surface area contributed by atoms with Crippen LogP contribution in [0.25, 0.3) is 0 Å². The lowest BCUT2D eigenvalue weighted by Crippen LogP contribution is -2.61. The molecule has 0 spiro atoms. The Morgan fingerprint density at radius 1 is 1.29 bits per heavy atom. The first kappa shape index (κ1) is 16.8. The van der Waals surface area contributed by atoms with Gasteiger partial charge in [0.2, 0.25) is 0 Å². The maximum atomic E-state index is 6.00. The van der Waals surface area contributed by atoms with Crippen LogP contribution in [-0.2, 0) is 4.74 Å². The zero-order valence-corrected chi connectivity index (χ0v) is 14.6. The summed E-state index contributed by atoms with van der Waals surface area (Å²) in [6.45, 7) is 12.0. The lowest BCUT2D eigenvalue weighted by molar-refractivity contribution is -0.117. The number of benzene rings is 1. The Bertz CT molecular complexity index is 455.